The number of halogens is 2. The summed E-state index contributed by atoms with van der Waals surface area (Å²) in [6.45, 7) is 3.17. The SMILES string of the molecule is COCCC(=O)Oc1c(OC)ccnc1C(=O)N[C@@H](C)C(=O)O[C@@H](C)C(c1ccc(F)cc1)c1ccc(F)cc1. The van der Waals surface area contributed by atoms with Gasteiger partial charge in [0.05, 0.1) is 20.1 Å². The highest BCUT2D eigenvalue weighted by Gasteiger charge is 2.29. The lowest BCUT2D eigenvalue weighted by Crippen LogP contribution is -2.41. The summed E-state index contributed by atoms with van der Waals surface area (Å²) in [5.41, 5.74) is 1.02. The second kappa shape index (κ2) is 14.1. The van der Waals surface area contributed by atoms with Gasteiger partial charge < -0.3 is 24.3 Å². The van der Waals surface area contributed by atoms with E-state index in [0.717, 1.165) is 0 Å². The molecule has 1 N–H and O–H groups in total. The molecule has 212 valence electrons. The smallest absolute Gasteiger partial charge is 0.328 e. The van der Waals surface area contributed by atoms with E-state index in [2.05, 4.69) is 10.3 Å². The standard InChI is InChI=1S/C29H30F2N2O7/c1-17(33-28(35)26-27(23(38-4)13-15-32-26)40-24(34)14-16-37-3)29(36)39-18(2)25(19-5-9-21(30)10-6-19)20-7-11-22(31)12-8-20/h5-13,15,17-18,25H,14,16H2,1-4H3,(H,33,35)/t17-,18-/m0/s1. The molecule has 0 saturated carbocycles. The van der Waals surface area contributed by atoms with E-state index in [1.165, 1.54) is 57.7 Å². The fourth-order valence-electron chi connectivity index (χ4n) is 3.95. The number of carbonyl (C=O) groups excluding carboxylic acids is 3. The number of methoxy groups -OCH3 is 2. The van der Waals surface area contributed by atoms with Gasteiger partial charge in [0.15, 0.2) is 11.4 Å². The molecule has 0 aliphatic heterocycles. The predicted molar refractivity (Wildman–Crippen MR) is 140 cm³/mol. The molecule has 11 heteroatoms. The summed E-state index contributed by atoms with van der Waals surface area (Å²) in [6.07, 6.45) is 0.441. The molecule has 2 aromatic carbocycles. The minimum atomic E-state index is -1.14. The number of benzene rings is 2. The summed E-state index contributed by atoms with van der Waals surface area (Å²) in [5, 5.41) is 2.50. The van der Waals surface area contributed by atoms with E-state index in [9.17, 15) is 23.2 Å². The molecule has 9 nitrogen and oxygen atoms in total. The lowest BCUT2D eigenvalue weighted by atomic mass is 9.87. The van der Waals surface area contributed by atoms with E-state index in [1.54, 1.807) is 31.2 Å². The second-order valence-electron chi connectivity index (χ2n) is 8.83. The molecule has 3 rings (SSSR count). The number of aromatic nitrogens is 1. The largest absolute Gasteiger partial charge is 0.493 e. The predicted octanol–water partition coefficient (Wildman–Crippen LogP) is 4.19. The topological polar surface area (TPSA) is 113 Å². The van der Waals surface area contributed by atoms with Crippen LogP contribution in [-0.4, -0.2) is 55.8 Å². The van der Waals surface area contributed by atoms with Gasteiger partial charge in [-0.1, -0.05) is 24.3 Å². The van der Waals surface area contributed by atoms with E-state index >= 15 is 0 Å². The summed E-state index contributed by atoms with van der Waals surface area (Å²) in [6, 6.07) is 11.6. The molecule has 0 spiro atoms. The molecule has 3 aromatic rings. The average molecular weight is 557 g/mol. The van der Waals surface area contributed by atoms with Crippen molar-refractivity contribution < 1.29 is 42.1 Å². The van der Waals surface area contributed by atoms with Gasteiger partial charge in [0.2, 0.25) is 5.75 Å². The number of nitrogens with zero attached hydrogens (tertiary/aromatic N) is 1. The van der Waals surface area contributed by atoms with Gasteiger partial charge in [0.25, 0.3) is 5.91 Å². The van der Waals surface area contributed by atoms with Crippen molar-refractivity contribution in [2.24, 2.45) is 0 Å². The minimum absolute atomic E-state index is 0.0699. The zero-order valence-corrected chi connectivity index (χ0v) is 22.5. The van der Waals surface area contributed by atoms with Crippen LogP contribution in [0.15, 0.2) is 60.8 Å². The Balaban J connectivity index is 1.76. The number of pyridine rings is 1. The summed E-state index contributed by atoms with van der Waals surface area (Å²) in [4.78, 5) is 42.2. The van der Waals surface area contributed by atoms with E-state index in [4.69, 9.17) is 18.9 Å². The number of carbonyl (C=O) groups is 3. The third-order valence-electron chi connectivity index (χ3n) is 5.96. The second-order valence-corrected chi connectivity index (χ2v) is 8.83. The van der Waals surface area contributed by atoms with E-state index < -0.39 is 47.5 Å². The van der Waals surface area contributed by atoms with Gasteiger partial charge in [0.1, 0.15) is 23.8 Å². The van der Waals surface area contributed by atoms with Crippen LogP contribution >= 0.6 is 0 Å². The number of esters is 2. The van der Waals surface area contributed by atoms with E-state index in [1.807, 2.05) is 0 Å². The van der Waals surface area contributed by atoms with Gasteiger partial charge in [-0.2, -0.15) is 0 Å². The van der Waals surface area contributed by atoms with Gasteiger partial charge in [-0.25, -0.2) is 18.6 Å². The Morgan fingerprint density at radius 2 is 1.48 bits per heavy atom. The maximum Gasteiger partial charge on any atom is 0.328 e. The first-order chi connectivity index (χ1) is 19.1. The van der Waals surface area contributed by atoms with Crippen LogP contribution < -0.4 is 14.8 Å². The van der Waals surface area contributed by atoms with Crippen LogP contribution in [0, 0.1) is 11.6 Å². The first kappa shape index (κ1) is 30.2. The molecular weight excluding hydrogens is 526 g/mol. The minimum Gasteiger partial charge on any atom is -0.493 e. The fraction of sp³-hybridized carbons (Fsp3) is 0.310. The van der Waals surface area contributed by atoms with Gasteiger partial charge in [-0.3, -0.25) is 9.59 Å². The number of rotatable bonds is 12. The van der Waals surface area contributed by atoms with Gasteiger partial charge in [-0.05, 0) is 49.2 Å². The zero-order valence-electron chi connectivity index (χ0n) is 22.5. The summed E-state index contributed by atoms with van der Waals surface area (Å²) < 4.78 is 48.2. The van der Waals surface area contributed by atoms with E-state index in [-0.39, 0.29) is 30.2 Å². The van der Waals surface area contributed by atoms with Crippen LogP contribution in [0.2, 0.25) is 0 Å². The Bertz CT molecular complexity index is 1270. The Labute approximate surface area is 230 Å². The van der Waals surface area contributed by atoms with Crippen LogP contribution in [0.25, 0.3) is 0 Å². The average Bonchev–Trinajstić information content (AvgIpc) is 2.94. The molecule has 0 bridgehead atoms. The number of amides is 1. The molecule has 0 radical (unpaired) electrons. The van der Waals surface area contributed by atoms with E-state index in [0.29, 0.717) is 11.1 Å². The highest BCUT2D eigenvalue weighted by molar-refractivity contribution is 5.98. The monoisotopic (exact) mass is 556 g/mol. The van der Waals surface area contributed by atoms with Crippen LogP contribution in [-0.2, 0) is 19.1 Å². The molecule has 1 aromatic heterocycles. The molecule has 40 heavy (non-hydrogen) atoms. The molecule has 0 aliphatic rings. The Morgan fingerprint density at radius 3 is 2.00 bits per heavy atom. The molecular formula is C29H30F2N2O7. The molecule has 0 fully saturated rings. The first-order valence-corrected chi connectivity index (χ1v) is 12.4. The van der Waals surface area contributed by atoms with Crippen LogP contribution in [0.1, 0.15) is 47.8 Å². The first-order valence-electron chi connectivity index (χ1n) is 12.4. The molecule has 0 aliphatic carbocycles. The van der Waals surface area contributed by atoms with Crippen molar-refractivity contribution in [2.75, 3.05) is 20.8 Å². The number of hydrogen-bond acceptors (Lipinski definition) is 8. The molecule has 2 atom stereocenters. The Hall–Kier alpha value is -4.38. The van der Waals surface area contributed by atoms with Gasteiger partial charge >= 0.3 is 11.9 Å². The fourth-order valence-corrected chi connectivity index (χ4v) is 3.95. The van der Waals surface area contributed by atoms with Crippen LogP contribution in [0.3, 0.4) is 0 Å². The third kappa shape index (κ3) is 7.82. The zero-order chi connectivity index (χ0) is 29.2. The van der Waals surface area contributed by atoms with Crippen molar-refractivity contribution in [1.82, 2.24) is 10.3 Å². The van der Waals surface area contributed by atoms with Crippen LogP contribution in [0.4, 0.5) is 8.78 Å². The van der Waals surface area contributed by atoms with Crippen molar-refractivity contribution in [2.45, 2.75) is 38.3 Å². The van der Waals surface area contributed by atoms with Crippen molar-refractivity contribution in [3.63, 3.8) is 0 Å². The van der Waals surface area contributed by atoms with Crippen LogP contribution in [0.5, 0.6) is 11.5 Å². The van der Waals surface area contributed by atoms with Gasteiger partial charge in [-0.15, -0.1) is 0 Å². The number of ether oxygens (including phenoxy) is 4. The summed E-state index contributed by atoms with van der Waals surface area (Å²) in [7, 11) is 2.77. The molecule has 0 saturated heterocycles. The molecule has 0 unspecified atom stereocenters. The van der Waals surface area contributed by atoms with Gasteiger partial charge in [0, 0.05) is 25.3 Å². The maximum absolute atomic E-state index is 13.6. The quantitative estimate of drug-likeness (QED) is 0.331. The summed E-state index contributed by atoms with van der Waals surface area (Å²) >= 11 is 0. The Kier molecular flexibility index (Phi) is 10.7. The molecule has 1 heterocycles. The van der Waals surface area contributed by atoms with Crippen molar-refractivity contribution >= 4 is 17.8 Å². The highest BCUT2D eigenvalue weighted by Crippen LogP contribution is 2.31. The Morgan fingerprint density at radius 1 is 0.900 bits per heavy atom. The van der Waals surface area contributed by atoms with Crippen molar-refractivity contribution in [3.05, 3.63) is 89.2 Å². The normalized spacial score (nSPS) is 12.4. The number of nitrogens with one attached hydrogen (secondary N) is 1. The lowest BCUT2D eigenvalue weighted by Gasteiger charge is -2.26. The summed E-state index contributed by atoms with van der Waals surface area (Å²) in [5.74, 6) is -3.77. The molecule has 1 amide bonds. The highest BCUT2D eigenvalue weighted by atomic mass is 19.1. The lowest BCUT2D eigenvalue weighted by molar-refractivity contribution is -0.150. The van der Waals surface area contributed by atoms with Crippen molar-refractivity contribution in [3.8, 4) is 11.5 Å². The van der Waals surface area contributed by atoms with Crippen molar-refractivity contribution in [1.29, 1.82) is 0 Å². The number of hydrogen-bond donors (Lipinski definition) is 1. The maximum atomic E-state index is 13.6. The third-order valence-corrected chi connectivity index (χ3v) is 5.96.